The fourth-order valence-corrected chi connectivity index (χ4v) is 3.10. The highest BCUT2D eigenvalue weighted by Crippen LogP contribution is 2.40. The maximum absolute atomic E-state index is 12.4. The van der Waals surface area contributed by atoms with Crippen molar-refractivity contribution in [3.63, 3.8) is 0 Å². The summed E-state index contributed by atoms with van der Waals surface area (Å²) in [6.07, 6.45) is 3.08. The van der Waals surface area contributed by atoms with E-state index in [1.807, 2.05) is 44.2 Å². The number of ether oxygens (including phenoxy) is 1. The highest BCUT2D eigenvalue weighted by atomic mass is 16.5. The van der Waals surface area contributed by atoms with Gasteiger partial charge in [0.15, 0.2) is 0 Å². The lowest BCUT2D eigenvalue weighted by Gasteiger charge is -2.18. The summed E-state index contributed by atoms with van der Waals surface area (Å²) in [5.74, 6) is 1.45. The minimum Gasteiger partial charge on any atom is -0.485 e. The molecule has 1 N–H and O–H groups in total. The average Bonchev–Trinajstić information content (AvgIpc) is 3.24. The summed E-state index contributed by atoms with van der Waals surface area (Å²) in [6, 6.07) is 11.3. The van der Waals surface area contributed by atoms with Crippen LogP contribution in [0.2, 0.25) is 0 Å². The van der Waals surface area contributed by atoms with E-state index in [1.54, 1.807) is 12.3 Å². The lowest BCUT2D eigenvalue weighted by Crippen LogP contribution is -2.25. The zero-order chi connectivity index (χ0) is 18.9. The van der Waals surface area contributed by atoms with Crippen molar-refractivity contribution in [2.24, 2.45) is 0 Å². The first-order valence-electron chi connectivity index (χ1n) is 8.85. The Morgan fingerprint density at radius 1 is 1.22 bits per heavy atom. The molecule has 7 nitrogen and oxygen atoms in total. The van der Waals surface area contributed by atoms with E-state index < -0.39 is 0 Å². The number of carbonyl (C=O) groups is 1. The number of aryl methyl sites for hydroxylation is 1. The first-order valence-corrected chi connectivity index (χ1v) is 8.85. The monoisotopic (exact) mass is 364 g/mol. The molecule has 0 bridgehead atoms. The summed E-state index contributed by atoms with van der Waals surface area (Å²) in [7, 11) is 0. The molecule has 0 spiro atoms. The van der Waals surface area contributed by atoms with E-state index in [0.717, 1.165) is 17.7 Å². The van der Waals surface area contributed by atoms with Gasteiger partial charge in [0.05, 0.1) is 5.69 Å². The highest BCUT2D eigenvalue weighted by Gasteiger charge is 2.31. The molecular formula is C20H20N4O3. The van der Waals surface area contributed by atoms with Gasteiger partial charge in [-0.25, -0.2) is 0 Å². The van der Waals surface area contributed by atoms with Gasteiger partial charge in [0, 0.05) is 31.0 Å². The second kappa shape index (κ2) is 6.83. The predicted octanol–water partition coefficient (Wildman–Crippen LogP) is 3.42. The Morgan fingerprint density at radius 2 is 2.11 bits per heavy atom. The molecule has 3 heterocycles. The van der Waals surface area contributed by atoms with Gasteiger partial charge in [-0.15, -0.1) is 0 Å². The van der Waals surface area contributed by atoms with E-state index in [2.05, 4.69) is 20.4 Å². The zero-order valence-electron chi connectivity index (χ0n) is 15.2. The lowest BCUT2D eigenvalue weighted by atomic mass is 10.0. The summed E-state index contributed by atoms with van der Waals surface area (Å²) < 4.78 is 11.2. The normalized spacial score (nSPS) is 14.4. The molecular weight excluding hydrogens is 344 g/mol. The van der Waals surface area contributed by atoms with Crippen LogP contribution in [0.5, 0.6) is 5.75 Å². The number of hydrogen-bond acceptors (Lipinski definition) is 6. The van der Waals surface area contributed by atoms with Gasteiger partial charge in [-0.3, -0.25) is 9.78 Å². The minimum atomic E-state index is -0.255. The van der Waals surface area contributed by atoms with Crippen molar-refractivity contribution in [1.29, 1.82) is 0 Å². The Labute approximate surface area is 156 Å². The number of nitrogens with zero attached hydrogens (tertiary/aromatic N) is 3. The lowest BCUT2D eigenvalue weighted by molar-refractivity contribution is -0.116. The van der Waals surface area contributed by atoms with Gasteiger partial charge >= 0.3 is 0 Å². The van der Waals surface area contributed by atoms with Crippen molar-refractivity contribution in [3.8, 4) is 17.3 Å². The third-order valence-electron chi connectivity index (χ3n) is 4.29. The molecule has 1 aromatic carbocycles. The summed E-state index contributed by atoms with van der Waals surface area (Å²) in [4.78, 5) is 20.8. The van der Waals surface area contributed by atoms with Crippen molar-refractivity contribution < 1.29 is 14.1 Å². The zero-order valence-corrected chi connectivity index (χ0v) is 15.2. The van der Waals surface area contributed by atoms with E-state index >= 15 is 0 Å². The molecule has 0 saturated carbocycles. The van der Waals surface area contributed by atoms with Crippen LogP contribution in [-0.2, 0) is 17.6 Å². The van der Waals surface area contributed by atoms with Crippen LogP contribution in [0.1, 0.15) is 31.7 Å². The van der Waals surface area contributed by atoms with Gasteiger partial charge in [0.25, 0.3) is 0 Å². The SMILES string of the molecule is CC1(C)Cc2cccc(NC(=O)CCc3nc(-c4ccccn4)no3)c2O1. The highest BCUT2D eigenvalue weighted by molar-refractivity contribution is 5.92. The number of pyridine rings is 1. The molecule has 3 aromatic rings. The fraction of sp³-hybridized carbons (Fsp3) is 0.300. The van der Waals surface area contributed by atoms with Crippen molar-refractivity contribution in [3.05, 3.63) is 54.0 Å². The number of rotatable bonds is 5. The average molecular weight is 364 g/mol. The third kappa shape index (κ3) is 3.81. The fourth-order valence-electron chi connectivity index (χ4n) is 3.10. The van der Waals surface area contributed by atoms with Crippen LogP contribution >= 0.6 is 0 Å². The van der Waals surface area contributed by atoms with Crippen LogP contribution in [0.25, 0.3) is 11.5 Å². The summed E-state index contributed by atoms with van der Waals surface area (Å²) >= 11 is 0. The topological polar surface area (TPSA) is 90.1 Å². The molecule has 27 heavy (non-hydrogen) atoms. The molecule has 0 unspecified atom stereocenters. The van der Waals surface area contributed by atoms with Gasteiger partial charge in [-0.05, 0) is 32.0 Å². The van der Waals surface area contributed by atoms with Crippen LogP contribution in [0.15, 0.2) is 47.1 Å². The molecule has 1 aliphatic rings. The number of amides is 1. The van der Waals surface area contributed by atoms with Crippen LogP contribution in [0.4, 0.5) is 5.69 Å². The minimum absolute atomic E-state index is 0.130. The largest absolute Gasteiger partial charge is 0.485 e. The van der Waals surface area contributed by atoms with E-state index in [1.165, 1.54) is 0 Å². The molecule has 2 aromatic heterocycles. The van der Waals surface area contributed by atoms with Crippen LogP contribution in [0.3, 0.4) is 0 Å². The van der Waals surface area contributed by atoms with Crippen LogP contribution in [0, 0.1) is 0 Å². The van der Waals surface area contributed by atoms with Crippen LogP contribution in [-0.4, -0.2) is 26.6 Å². The molecule has 0 fully saturated rings. The Balaban J connectivity index is 1.38. The number of benzene rings is 1. The molecule has 1 aliphatic heterocycles. The summed E-state index contributed by atoms with van der Waals surface area (Å²) in [5, 5.41) is 6.83. The van der Waals surface area contributed by atoms with E-state index in [0.29, 0.717) is 29.5 Å². The first kappa shape index (κ1) is 17.2. The van der Waals surface area contributed by atoms with Gasteiger partial charge in [0.2, 0.25) is 17.6 Å². The number of nitrogens with one attached hydrogen (secondary N) is 1. The second-order valence-corrected chi connectivity index (χ2v) is 7.11. The molecule has 7 heteroatoms. The molecule has 4 rings (SSSR count). The Kier molecular flexibility index (Phi) is 4.35. The molecule has 138 valence electrons. The van der Waals surface area contributed by atoms with E-state index in [9.17, 15) is 4.79 Å². The van der Waals surface area contributed by atoms with Gasteiger partial charge in [0.1, 0.15) is 17.0 Å². The van der Waals surface area contributed by atoms with Crippen molar-refractivity contribution >= 4 is 11.6 Å². The van der Waals surface area contributed by atoms with E-state index in [-0.39, 0.29) is 17.9 Å². The predicted molar refractivity (Wildman–Crippen MR) is 99.3 cm³/mol. The summed E-state index contributed by atoms with van der Waals surface area (Å²) in [6.45, 7) is 4.07. The maximum Gasteiger partial charge on any atom is 0.227 e. The smallest absolute Gasteiger partial charge is 0.227 e. The van der Waals surface area contributed by atoms with E-state index in [4.69, 9.17) is 9.26 Å². The third-order valence-corrected chi connectivity index (χ3v) is 4.29. The van der Waals surface area contributed by atoms with Crippen molar-refractivity contribution in [2.75, 3.05) is 5.32 Å². The molecule has 0 aliphatic carbocycles. The van der Waals surface area contributed by atoms with Gasteiger partial charge in [-0.2, -0.15) is 4.98 Å². The first-order chi connectivity index (χ1) is 13.0. The Morgan fingerprint density at radius 3 is 2.93 bits per heavy atom. The molecule has 0 atom stereocenters. The number of para-hydroxylation sites is 1. The number of anilines is 1. The number of carbonyl (C=O) groups excluding carboxylic acids is 1. The Bertz CT molecular complexity index is 966. The van der Waals surface area contributed by atoms with Crippen molar-refractivity contribution in [2.45, 2.75) is 38.7 Å². The quantitative estimate of drug-likeness (QED) is 0.746. The standard InChI is InChI=1S/C20H20N4O3/c1-20(2)12-13-6-5-8-14(18(13)26-20)22-16(25)9-10-17-23-19(24-27-17)15-7-3-4-11-21-15/h3-8,11H,9-10,12H2,1-2H3,(H,22,25). The van der Waals surface area contributed by atoms with Gasteiger partial charge < -0.3 is 14.6 Å². The molecule has 0 radical (unpaired) electrons. The van der Waals surface area contributed by atoms with Crippen LogP contribution < -0.4 is 10.1 Å². The number of fused-ring (bicyclic) bond motifs is 1. The summed E-state index contributed by atoms with van der Waals surface area (Å²) in [5.41, 5.74) is 2.18. The number of hydrogen-bond donors (Lipinski definition) is 1. The van der Waals surface area contributed by atoms with Gasteiger partial charge in [-0.1, -0.05) is 23.4 Å². The van der Waals surface area contributed by atoms with Crippen molar-refractivity contribution in [1.82, 2.24) is 15.1 Å². The number of aromatic nitrogens is 3. The molecule has 0 saturated heterocycles. The maximum atomic E-state index is 12.4. The Hall–Kier alpha value is -3.22. The second-order valence-electron chi connectivity index (χ2n) is 7.11. The molecule has 1 amide bonds.